The SMILES string of the molecule is Nc1c(Cl)cc2c3c(cccc13)C(=O)N(C1CCN3CCCC1C3)C2=O. The van der Waals surface area contributed by atoms with Crippen LogP contribution >= 0.6 is 11.6 Å². The van der Waals surface area contributed by atoms with Crippen molar-refractivity contribution >= 4 is 39.9 Å². The average Bonchev–Trinajstić information content (AvgIpc) is 2.65. The molecule has 26 heavy (non-hydrogen) atoms. The molecule has 0 saturated carbocycles. The molecule has 3 atom stereocenters. The van der Waals surface area contributed by atoms with Crippen LogP contribution in [0.25, 0.3) is 10.8 Å². The van der Waals surface area contributed by atoms with Crippen LogP contribution in [0.15, 0.2) is 24.3 Å². The molecule has 0 spiro atoms. The Labute approximate surface area is 156 Å². The van der Waals surface area contributed by atoms with E-state index in [2.05, 4.69) is 4.90 Å². The number of piperidine rings is 2. The van der Waals surface area contributed by atoms with Crippen LogP contribution in [0.3, 0.4) is 0 Å². The maximum atomic E-state index is 13.3. The number of nitrogens with two attached hydrogens (primary N) is 1. The average molecular weight is 370 g/mol. The molecule has 2 aromatic carbocycles. The van der Waals surface area contributed by atoms with E-state index in [4.69, 9.17) is 17.3 Å². The normalized spacial score (nSPS) is 27.9. The largest absolute Gasteiger partial charge is 0.397 e. The molecule has 2 aromatic rings. The lowest BCUT2D eigenvalue weighted by Crippen LogP contribution is -2.57. The lowest BCUT2D eigenvalue weighted by atomic mass is 9.82. The van der Waals surface area contributed by atoms with E-state index in [1.807, 2.05) is 12.1 Å². The van der Waals surface area contributed by atoms with E-state index in [-0.39, 0.29) is 17.9 Å². The molecule has 134 valence electrons. The van der Waals surface area contributed by atoms with Crippen molar-refractivity contribution in [2.75, 3.05) is 25.4 Å². The smallest absolute Gasteiger partial charge is 0.261 e. The monoisotopic (exact) mass is 369 g/mol. The van der Waals surface area contributed by atoms with Gasteiger partial charge in [0.05, 0.1) is 16.3 Å². The van der Waals surface area contributed by atoms with Gasteiger partial charge in [-0.25, -0.2) is 0 Å². The zero-order valence-electron chi connectivity index (χ0n) is 14.4. The summed E-state index contributed by atoms with van der Waals surface area (Å²) in [7, 11) is 0. The fraction of sp³-hybridized carbons (Fsp3) is 0.400. The zero-order chi connectivity index (χ0) is 18.0. The second-order valence-electron chi connectivity index (χ2n) is 7.59. The number of hydrogen-bond donors (Lipinski definition) is 1. The molecule has 0 aromatic heterocycles. The summed E-state index contributed by atoms with van der Waals surface area (Å²) in [6, 6.07) is 7.01. The first kappa shape index (κ1) is 16.1. The van der Waals surface area contributed by atoms with Gasteiger partial charge in [0.1, 0.15) is 0 Å². The van der Waals surface area contributed by atoms with E-state index in [9.17, 15) is 9.59 Å². The van der Waals surface area contributed by atoms with Crippen molar-refractivity contribution in [3.8, 4) is 0 Å². The van der Waals surface area contributed by atoms with Gasteiger partial charge in [-0.1, -0.05) is 23.7 Å². The molecule has 2 saturated heterocycles. The molecule has 0 aliphatic carbocycles. The molecule has 0 radical (unpaired) electrons. The van der Waals surface area contributed by atoms with Gasteiger partial charge in [0.2, 0.25) is 0 Å². The zero-order valence-corrected chi connectivity index (χ0v) is 15.1. The molecule has 2 fully saturated rings. The number of carbonyl (C=O) groups is 2. The van der Waals surface area contributed by atoms with Gasteiger partial charge in [-0.05, 0) is 43.9 Å². The predicted octanol–water partition coefficient (Wildman–Crippen LogP) is 3.16. The molecule has 3 heterocycles. The molecule has 2 amide bonds. The topological polar surface area (TPSA) is 66.6 Å². The predicted molar refractivity (Wildman–Crippen MR) is 101 cm³/mol. The number of benzene rings is 2. The van der Waals surface area contributed by atoms with Gasteiger partial charge in [-0.3, -0.25) is 14.5 Å². The molecule has 6 heteroatoms. The highest BCUT2D eigenvalue weighted by Gasteiger charge is 2.43. The highest BCUT2D eigenvalue weighted by molar-refractivity contribution is 6.37. The second kappa shape index (κ2) is 5.69. The van der Waals surface area contributed by atoms with Gasteiger partial charge in [0.25, 0.3) is 11.8 Å². The first-order valence-electron chi connectivity index (χ1n) is 9.17. The van der Waals surface area contributed by atoms with E-state index in [1.165, 1.54) is 4.90 Å². The van der Waals surface area contributed by atoms with Gasteiger partial charge in [-0.15, -0.1) is 0 Å². The summed E-state index contributed by atoms with van der Waals surface area (Å²) >= 11 is 6.28. The molecule has 2 N–H and O–H groups in total. The van der Waals surface area contributed by atoms with Crippen molar-refractivity contribution in [3.05, 3.63) is 40.4 Å². The van der Waals surface area contributed by atoms with Crippen LogP contribution in [-0.2, 0) is 0 Å². The van der Waals surface area contributed by atoms with E-state index < -0.39 is 0 Å². The molecule has 3 unspecified atom stereocenters. The summed E-state index contributed by atoms with van der Waals surface area (Å²) in [5.74, 6) is -0.0705. The minimum atomic E-state index is -0.232. The van der Waals surface area contributed by atoms with Crippen LogP contribution in [0.4, 0.5) is 5.69 Å². The maximum absolute atomic E-state index is 13.3. The third-order valence-corrected chi connectivity index (χ3v) is 6.52. The third kappa shape index (κ3) is 2.14. The molecule has 2 bridgehead atoms. The van der Waals surface area contributed by atoms with Gasteiger partial charge in [0.15, 0.2) is 0 Å². The van der Waals surface area contributed by atoms with Gasteiger partial charge >= 0.3 is 0 Å². The maximum Gasteiger partial charge on any atom is 0.261 e. The Morgan fingerprint density at radius 2 is 1.88 bits per heavy atom. The number of nitrogen functional groups attached to an aromatic ring is 1. The first-order valence-corrected chi connectivity index (χ1v) is 9.55. The number of rotatable bonds is 1. The minimum Gasteiger partial charge on any atom is -0.397 e. The Morgan fingerprint density at radius 3 is 2.73 bits per heavy atom. The standard InChI is InChI=1S/C20H20ClN3O2/c21-15-9-14-17-12(18(15)22)4-1-5-13(17)19(25)24(20(14)26)16-6-8-23-7-2-3-11(16)10-23/h1,4-5,9,11,16H,2-3,6-8,10,22H2. The molecular formula is C20H20ClN3O2. The second-order valence-corrected chi connectivity index (χ2v) is 7.99. The Balaban J connectivity index is 1.66. The number of imide groups is 1. The van der Waals surface area contributed by atoms with Crippen molar-refractivity contribution in [2.45, 2.75) is 25.3 Å². The third-order valence-electron chi connectivity index (χ3n) is 6.21. The van der Waals surface area contributed by atoms with Crippen molar-refractivity contribution in [1.29, 1.82) is 0 Å². The van der Waals surface area contributed by atoms with Gasteiger partial charge in [0, 0.05) is 35.5 Å². The number of anilines is 1. The summed E-state index contributed by atoms with van der Waals surface area (Å²) in [6.45, 7) is 3.04. The number of halogens is 1. The van der Waals surface area contributed by atoms with Crippen molar-refractivity contribution < 1.29 is 9.59 Å². The van der Waals surface area contributed by atoms with Crippen molar-refractivity contribution in [2.24, 2.45) is 5.92 Å². The first-order chi connectivity index (χ1) is 12.6. The highest BCUT2D eigenvalue weighted by Crippen LogP contribution is 2.40. The van der Waals surface area contributed by atoms with Gasteiger partial charge < -0.3 is 10.6 Å². The van der Waals surface area contributed by atoms with E-state index in [0.29, 0.717) is 38.5 Å². The van der Waals surface area contributed by atoms with E-state index in [0.717, 1.165) is 38.9 Å². The van der Waals surface area contributed by atoms with Crippen LogP contribution in [0.2, 0.25) is 5.02 Å². The number of hydrogen-bond acceptors (Lipinski definition) is 4. The van der Waals surface area contributed by atoms with Crippen molar-refractivity contribution in [3.63, 3.8) is 0 Å². The van der Waals surface area contributed by atoms with Crippen LogP contribution in [0.1, 0.15) is 40.0 Å². The van der Waals surface area contributed by atoms with E-state index in [1.54, 1.807) is 12.1 Å². The summed E-state index contributed by atoms with van der Waals surface area (Å²) < 4.78 is 0. The molecule has 5 nitrogen and oxygen atoms in total. The molecule has 5 rings (SSSR count). The number of nitrogens with zero attached hydrogens (tertiary/aromatic N) is 2. The fourth-order valence-electron chi connectivity index (χ4n) is 4.97. The Kier molecular flexibility index (Phi) is 3.52. The van der Waals surface area contributed by atoms with E-state index >= 15 is 0 Å². The lowest BCUT2D eigenvalue weighted by Gasteiger charge is -2.47. The number of carbonyl (C=O) groups excluding carboxylic acids is 2. The number of amides is 2. The Hall–Kier alpha value is -2.11. The van der Waals surface area contributed by atoms with Crippen LogP contribution in [-0.4, -0.2) is 47.3 Å². The van der Waals surface area contributed by atoms with Gasteiger partial charge in [-0.2, -0.15) is 0 Å². The Morgan fingerprint density at radius 1 is 1.08 bits per heavy atom. The lowest BCUT2D eigenvalue weighted by molar-refractivity contribution is 0.0211. The summed E-state index contributed by atoms with van der Waals surface area (Å²) in [5, 5.41) is 1.68. The van der Waals surface area contributed by atoms with Crippen molar-refractivity contribution in [1.82, 2.24) is 9.80 Å². The van der Waals surface area contributed by atoms with Crippen LogP contribution in [0.5, 0.6) is 0 Å². The quantitative estimate of drug-likeness (QED) is 0.619. The fourth-order valence-corrected chi connectivity index (χ4v) is 5.18. The number of fused-ring (bicyclic) bond motifs is 2. The van der Waals surface area contributed by atoms with Crippen LogP contribution in [0, 0.1) is 5.92 Å². The molecule has 3 aliphatic rings. The highest BCUT2D eigenvalue weighted by atomic mass is 35.5. The summed E-state index contributed by atoms with van der Waals surface area (Å²) in [6.07, 6.45) is 3.04. The molecular weight excluding hydrogens is 350 g/mol. The molecule has 3 aliphatic heterocycles. The van der Waals surface area contributed by atoms with Crippen LogP contribution < -0.4 is 5.73 Å². The Bertz CT molecular complexity index is 958. The summed E-state index contributed by atoms with van der Waals surface area (Å²) in [4.78, 5) is 30.6. The minimum absolute atomic E-state index is 0.0358. The summed E-state index contributed by atoms with van der Waals surface area (Å²) in [5.41, 5.74) is 7.56.